The first-order valence-electron chi connectivity index (χ1n) is 11.0. The van der Waals surface area contributed by atoms with E-state index < -0.39 is 0 Å². The Labute approximate surface area is 181 Å². The molecule has 31 heavy (non-hydrogen) atoms. The van der Waals surface area contributed by atoms with Crippen molar-refractivity contribution in [2.75, 3.05) is 32.7 Å². The van der Waals surface area contributed by atoms with Crippen LogP contribution in [0.1, 0.15) is 34.5 Å². The number of benzene rings is 1. The highest BCUT2D eigenvalue weighted by molar-refractivity contribution is 5.94. The Bertz CT molecular complexity index is 1070. The summed E-state index contributed by atoms with van der Waals surface area (Å²) in [5, 5.41) is 0. The van der Waals surface area contributed by atoms with Gasteiger partial charge in [-0.2, -0.15) is 0 Å². The van der Waals surface area contributed by atoms with Gasteiger partial charge in [-0.3, -0.25) is 14.5 Å². The van der Waals surface area contributed by atoms with Gasteiger partial charge in [0.15, 0.2) is 0 Å². The predicted molar refractivity (Wildman–Crippen MR) is 117 cm³/mol. The summed E-state index contributed by atoms with van der Waals surface area (Å²) in [7, 11) is 0. The largest absolute Gasteiger partial charge is 0.338 e. The molecule has 0 unspecified atom stereocenters. The zero-order valence-corrected chi connectivity index (χ0v) is 17.6. The van der Waals surface area contributed by atoms with E-state index in [4.69, 9.17) is 0 Å². The second-order valence-electron chi connectivity index (χ2n) is 8.39. The normalized spacial score (nSPS) is 17.6. The number of fused-ring (bicyclic) bond motifs is 1. The van der Waals surface area contributed by atoms with Crippen LogP contribution in [0.25, 0.3) is 5.65 Å². The van der Waals surface area contributed by atoms with E-state index in [0.29, 0.717) is 31.6 Å². The lowest BCUT2D eigenvalue weighted by Crippen LogP contribution is -2.48. The summed E-state index contributed by atoms with van der Waals surface area (Å²) in [5.41, 5.74) is 3.74. The van der Waals surface area contributed by atoms with Gasteiger partial charge in [0.05, 0.1) is 5.69 Å². The molecule has 5 rings (SSSR count). The Kier molecular flexibility index (Phi) is 5.42. The molecular formula is C24H27N5O2. The van der Waals surface area contributed by atoms with Crippen LogP contribution in [0.2, 0.25) is 0 Å². The van der Waals surface area contributed by atoms with Gasteiger partial charge in [-0.1, -0.05) is 18.2 Å². The minimum absolute atomic E-state index is 0.0713. The number of carbonyl (C=O) groups is 2. The molecule has 4 heterocycles. The second kappa shape index (κ2) is 8.51. The average molecular weight is 418 g/mol. The number of pyridine rings is 1. The lowest BCUT2D eigenvalue weighted by molar-refractivity contribution is -0.128. The molecule has 0 aliphatic carbocycles. The Balaban J connectivity index is 1.18. The molecule has 0 N–H and O–H groups in total. The lowest BCUT2D eigenvalue weighted by atomic mass is 10.1. The number of imidazole rings is 1. The fraction of sp³-hybridized carbons (Fsp3) is 0.375. The minimum Gasteiger partial charge on any atom is -0.338 e. The van der Waals surface area contributed by atoms with Crippen molar-refractivity contribution in [3.8, 4) is 0 Å². The molecule has 0 saturated carbocycles. The number of carbonyl (C=O) groups excluding carboxylic acids is 2. The second-order valence-corrected chi connectivity index (χ2v) is 8.39. The van der Waals surface area contributed by atoms with Crippen molar-refractivity contribution in [3.63, 3.8) is 0 Å². The molecule has 2 amide bonds. The molecule has 0 atom stereocenters. The third-order valence-corrected chi connectivity index (χ3v) is 6.18. The summed E-state index contributed by atoms with van der Waals surface area (Å²) < 4.78 is 2.04. The molecule has 7 nitrogen and oxygen atoms in total. The molecular weight excluding hydrogens is 390 g/mol. The van der Waals surface area contributed by atoms with Crippen LogP contribution in [0, 0.1) is 0 Å². The predicted octanol–water partition coefficient (Wildman–Crippen LogP) is 2.41. The topological polar surface area (TPSA) is 61.2 Å². The maximum Gasteiger partial charge on any atom is 0.253 e. The fourth-order valence-electron chi connectivity index (χ4n) is 4.48. The SMILES string of the molecule is O=C1CCCN1Cc1cccc(C(=O)N2CCN(Cc3cn4ccccc4n3)CC2)c1. The van der Waals surface area contributed by atoms with Crippen LogP contribution in [-0.2, 0) is 17.9 Å². The zero-order valence-electron chi connectivity index (χ0n) is 17.6. The first kappa shape index (κ1) is 19.8. The molecule has 2 aliphatic rings. The number of likely N-dealkylation sites (tertiary alicyclic amines) is 1. The maximum absolute atomic E-state index is 13.0. The van der Waals surface area contributed by atoms with E-state index in [-0.39, 0.29) is 11.8 Å². The zero-order chi connectivity index (χ0) is 21.2. The number of nitrogens with zero attached hydrogens (tertiary/aromatic N) is 5. The molecule has 2 fully saturated rings. The van der Waals surface area contributed by atoms with E-state index in [1.807, 2.05) is 62.9 Å². The van der Waals surface area contributed by atoms with Gasteiger partial charge in [0.1, 0.15) is 5.65 Å². The first-order valence-corrected chi connectivity index (χ1v) is 11.0. The van der Waals surface area contributed by atoms with Crippen molar-refractivity contribution in [3.05, 3.63) is 71.7 Å². The van der Waals surface area contributed by atoms with E-state index in [1.54, 1.807) is 0 Å². The Morgan fingerprint density at radius 3 is 2.61 bits per heavy atom. The summed E-state index contributed by atoms with van der Waals surface area (Å²) >= 11 is 0. The van der Waals surface area contributed by atoms with Gasteiger partial charge >= 0.3 is 0 Å². The van der Waals surface area contributed by atoms with Gasteiger partial charge in [-0.05, 0) is 36.2 Å². The van der Waals surface area contributed by atoms with Crippen LogP contribution in [0.5, 0.6) is 0 Å². The molecule has 3 aromatic rings. The summed E-state index contributed by atoms with van der Waals surface area (Å²) in [6, 6.07) is 13.7. The highest BCUT2D eigenvalue weighted by Crippen LogP contribution is 2.17. The van der Waals surface area contributed by atoms with E-state index in [0.717, 1.165) is 49.5 Å². The Morgan fingerprint density at radius 1 is 0.968 bits per heavy atom. The Morgan fingerprint density at radius 2 is 1.84 bits per heavy atom. The van der Waals surface area contributed by atoms with Crippen molar-refractivity contribution in [1.29, 1.82) is 0 Å². The summed E-state index contributed by atoms with van der Waals surface area (Å²) in [6.07, 6.45) is 5.65. The molecule has 2 saturated heterocycles. The molecule has 0 radical (unpaired) electrons. The van der Waals surface area contributed by atoms with Gasteiger partial charge in [-0.25, -0.2) is 4.98 Å². The maximum atomic E-state index is 13.0. The van der Waals surface area contributed by atoms with Crippen molar-refractivity contribution in [2.45, 2.75) is 25.9 Å². The molecule has 7 heteroatoms. The number of amides is 2. The minimum atomic E-state index is 0.0713. The van der Waals surface area contributed by atoms with E-state index in [2.05, 4.69) is 16.1 Å². The lowest BCUT2D eigenvalue weighted by Gasteiger charge is -2.34. The molecule has 160 valence electrons. The van der Waals surface area contributed by atoms with Crippen LogP contribution < -0.4 is 0 Å². The third-order valence-electron chi connectivity index (χ3n) is 6.18. The molecule has 0 spiro atoms. The first-order chi connectivity index (χ1) is 15.2. The number of rotatable bonds is 5. The smallest absolute Gasteiger partial charge is 0.253 e. The quantitative estimate of drug-likeness (QED) is 0.640. The number of piperazine rings is 1. The van der Waals surface area contributed by atoms with E-state index in [1.165, 1.54) is 0 Å². The van der Waals surface area contributed by atoms with Crippen molar-refractivity contribution >= 4 is 17.5 Å². The highest BCUT2D eigenvalue weighted by Gasteiger charge is 2.24. The van der Waals surface area contributed by atoms with Gasteiger partial charge in [0.2, 0.25) is 5.91 Å². The van der Waals surface area contributed by atoms with Gasteiger partial charge in [0, 0.05) is 70.2 Å². The number of aromatic nitrogens is 2. The third kappa shape index (κ3) is 4.32. The number of hydrogen-bond donors (Lipinski definition) is 0. The van der Waals surface area contributed by atoms with Crippen LogP contribution in [-0.4, -0.2) is 68.6 Å². The van der Waals surface area contributed by atoms with Crippen LogP contribution in [0.15, 0.2) is 54.9 Å². The average Bonchev–Trinajstić information content (AvgIpc) is 3.39. The molecule has 1 aromatic carbocycles. The molecule has 2 aromatic heterocycles. The summed E-state index contributed by atoms with van der Waals surface area (Å²) in [4.78, 5) is 35.8. The van der Waals surface area contributed by atoms with Crippen molar-refractivity contribution in [1.82, 2.24) is 24.1 Å². The number of hydrogen-bond acceptors (Lipinski definition) is 4. The van der Waals surface area contributed by atoms with Gasteiger partial charge in [-0.15, -0.1) is 0 Å². The summed E-state index contributed by atoms with van der Waals surface area (Å²) in [5.74, 6) is 0.278. The molecule has 0 bridgehead atoms. The summed E-state index contributed by atoms with van der Waals surface area (Å²) in [6.45, 7) is 5.28. The molecule has 2 aliphatic heterocycles. The van der Waals surface area contributed by atoms with Crippen LogP contribution in [0.3, 0.4) is 0 Å². The van der Waals surface area contributed by atoms with E-state index >= 15 is 0 Å². The van der Waals surface area contributed by atoms with Gasteiger partial charge in [0.25, 0.3) is 5.91 Å². The van der Waals surface area contributed by atoms with Crippen LogP contribution >= 0.6 is 0 Å². The standard InChI is InChI=1S/C24H27N5O2/c30-23-8-4-10-29(23)16-19-5-3-6-20(15-19)24(31)27-13-11-26(12-14-27)17-21-18-28-9-2-1-7-22(28)25-21/h1-3,5-7,9,15,18H,4,8,10-14,16-17H2. The van der Waals surface area contributed by atoms with E-state index in [9.17, 15) is 9.59 Å². The fourth-order valence-corrected chi connectivity index (χ4v) is 4.48. The van der Waals surface area contributed by atoms with Crippen molar-refractivity contribution in [2.24, 2.45) is 0 Å². The van der Waals surface area contributed by atoms with Crippen LogP contribution in [0.4, 0.5) is 0 Å². The highest BCUT2D eigenvalue weighted by atomic mass is 16.2. The Hall–Kier alpha value is -3.19. The van der Waals surface area contributed by atoms with Crippen molar-refractivity contribution < 1.29 is 9.59 Å². The monoisotopic (exact) mass is 417 g/mol. The van der Waals surface area contributed by atoms with Gasteiger partial charge < -0.3 is 14.2 Å².